The van der Waals surface area contributed by atoms with Crippen LogP contribution in [0.3, 0.4) is 0 Å². The van der Waals surface area contributed by atoms with Crippen molar-refractivity contribution in [3.05, 3.63) is 12.2 Å². The Hall–Kier alpha value is -0.870. The molecule has 0 fully saturated rings. The fourth-order valence-corrected chi connectivity index (χ4v) is 8.83. The number of amides is 1. The third kappa shape index (κ3) is 48.0. The number of allylic oxidation sites excluding steroid dienone is 1. The predicted octanol–water partition coefficient (Wildman–Crippen LogP) is 17.8. The molecule has 59 heavy (non-hydrogen) atoms. The van der Waals surface area contributed by atoms with E-state index in [-0.39, 0.29) is 12.5 Å². The van der Waals surface area contributed by atoms with Gasteiger partial charge in [0.25, 0.3) is 0 Å². The Labute approximate surface area is 371 Å². The highest BCUT2D eigenvalue weighted by Gasteiger charge is 2.18. The maximum Gasteiger partial charge on any atom is 0.220 e. The molecule has 2 atom stereocenters. The monoisotopic (exact) mass is 832 g/mol. The van der Waals surface area contributed by atoms with Crippen LogP contribution in [0.4, 0.5) is 0 Å². The molecular weight excluding hydrogens is 723 g/mol. The van der Waals surface area contributed by atoms with Crippen molar-refractivity contribution in [2.75, 3.05) is 6.61 Å². The molecule has 0 aliphatic heterocycles. The zero-order valence-corrected chi connectivity index (χ0v) is 40.6. The second kappa shape index (κ2) is 51.5. The first-order chi connectivity index (χ1) is 29.2. The second-order valence-corrected chi connectivity index (χ2v) is 19.0. The lowest BCUT2D eigenvalue weighted by Gasteiger charge is -2.20. The molecule has 3 N–H and O–H groups in total. The molecule has 0 aliphatic carbocycles. The smallest absolute Gasteiger partial charge is 0.220 e. The molecule has 352 valence electrons. The van der Waals surface area contributed by atoms with Crippen molar-refractivity contribution in [2.24, 2.45) is 0 Å². The standard InChI is InChI=1S/C55H109NO3/c1-3-5-7-9-11-13-15-17-19-20-21-22-23-24-25-26-27-28-29-30-31-32-33-34-35-36-37-38-40-42-44-46-48-50-54(58)53(52-57)56-55(59)51-49-47-45-43-41-39-18-16-14-12-10-8-6-4-2/h48,50,53-54,57-58H,3-47,49,51-52H2,1-2H3,(H,56,59)/b50-48+. The van der Waals surface area contributed by atoms with Crippen LogP contribution in [-0.4, -0.2) is 34.9 Å². The van der Waals surface area contributed by atoms with E-state index >= 15 is 0 Å². The minimum atomic E-state index is -0.835. The van der Waals surface area contributed by atoms with E-state index in [4.69, 9.17) is 0 Å². The average Bonchev–Trinajstić information content (AvgIpc) is 3.24. The number of aliphatic hydroxyl groups excluding tert-OH is 2. The lowest BCUT2D eigenvalue weighted by molar-refractivity contribution is -0.123. The first kappa shape index (κ1) is 58.1. The number of carbonyl (C=O) groups excluding carboxylic acids is 1. The summed E-state index contributed by atoms with van der Waals surface area (Å²) in [6.07, 6.45) is 66.7. The Balaban J connectivity index is 3.40. The normalized spacial score (nSPS) is 12.8. The van der Waals surface area contributed by atoms with E-state index in [1.807, 2.05) is 6.08 Å². The van der Waals surface area contributed by atoms with Gasteiger partial charge in [0.05, 0.1) is 18.8 Å². The van der Waals surface area contributed by atoms with Crippen molar-refractivity contribution in [3.8, 4) is 0 Å². The summed E-state index contributed by atoms with van der Waals surface area (Å²) in [7, 11) is 0. The minimum absolute atomic E-state index is 0.0587. The molecule has 2 unspecified atom stereocenters. The third-order valence-electron chi connectivity index (χ3n) is 13.0. The highest BCUT2D eigenvalue weighted by molar-refractivity contribution is 5.76. The number of hydrogen-bond donors (Lipinski definition) is 3. The van der Waals surface area contributed by atoms with Gasteiger partial charge in [0, 0.05) is 6.42 Å². The second-order valence-electron chi connectivity index (χ2n) is 19.0. The van der Waals surface area contributed by atoms with Crippen molar-refractivity contribution < 1.29 is 15.0 Å². The molecule has 0 bridgehead atoms. The minimum Gasteiger partial charge on any atom is -0.394 e. The first-order valence-corrected chi connectivity index (χ1v) is 27.4. The van der Waals surface area contributed by atoms with E-state index in [1.165, 1.54) is 270 Å². The quantitative estimate of drug-likeness (QED) is 0.0422. The van der Waals surface area contributed by atoms with Crippen LogP contribution in [0, 0.1) is 0 Å². The fraction of sp³-hybridized carbons (Fsp3) is 0.945. The number of aliphatic hydroxyl groups is 2. The van der Waals surface area contributed by atoms with E-state index in [2.05, 4.69) is 19.2 Å². The molecule has 0 saturated carbocycles. The maximum atomic E-state index is 12.4. The Bertz CT molecular complexity index is 814. The molecule has 0 aliphatic rings. The Morgan fingerprint density at radius 2 is 0.627 bits per heavy atom. The zero-order chi connectivity index (χ0) is 42.8. The first-order valence-electron chi connectivity index (χ1n) is 27.4. The van der Waals surface area contributed by atoms with Gasteiger partial charge < -0.3 is 15.5 Å². The number of hydrogen-bond acceptors (Lipinski definition) is 3. The summed E-state index contributed by atoms with van der Waals surface area (Å²) in [6, 6.07) is -0.617. The van der Waals surface area contributed by atoms with Gasteiger partial charge in [0.1, 0.15) is 0 Å². The van der Waals surface area contributed by atoms with Gasteiger partial charge in [-0.25, -0.2) is 0 Å². The third-order valence-corrected chi connectivity index (χ3v) is 13.0. The van der Waals surface area contributed by atoms with E-state index in [0.29, 0.717) is 6.42 Å². The Kier molecular flexibility index (Phi) is 50.7. The van der Waals surface area contributed by atoms with Gasteiger partial charge in [-0.05, 0) is 19.3 Å². The van der Waals surface area contributed by atoms with E-state index in [0.717, 1.165) is 25.7 Å². The summed E-state index contributed by atoms with van der Waals surface area (Å²) in [5.74, 6) is -0.0587. The fourth-order valence-electron chi connectivity index (χ4n) is 8.83. The Morgan fingerprint density at radius 1 is 0.390 bits per heavy atom. The van der Waals surface area contributed by atoms with Crippen molar-refractivity contribution in [1.29, 1.82) is 0 Å². The molecule has 0 heterocycles. The molecule has 0 spiro atoms. The lowest BCUT2D eigenvalue weighted by Crippen LogP contribution is -2.45. The molecule has 0 aromatic carbocycles. The van der Waals surface area contributed by atoms with Crippen LogP contribution in [0.5, 0.6) is 0 Å². The zero-order valence-electron chi connectivity index (χ0n) is 40.6. The summed E-state index contributed by atoms with van der Waals surface area (Å²) in [4.78, 5) is 12.4. The van der Waals surface area contributed by atoms with Crippen LogP contribution in [0.25, 0.3) is 0 Å². The molecule has 0 radical (unpaired) electrons. The molecule has 0 saturated heterocycles. The summed E-state index contributed by atoms with van der Waals surface area (Å²) in [6.45, 7) is 4.34. The molecule has 4 nitrogen and oxygen atoms in total. The molecule has 0 aromatic heterocycles. The molecule has 1 amide bonds. The van der Waals surface area contributed by atoms with Gasteiger partial charge in [0.2, 0.25) is 5.91 Å². The van der Waals surface area contributed by atoms with Crippen molar-refractivity contribution in [2.45, 2.75) is 328 Å². The van der Waals surface area contributed by atoms with Gasteiger partial charge in [-0.15, -0.1) is 0 Å². The van der Waals surface area contributed by atoms with Gasteiger partial charge in [-0.2, -0.15) is 0 Å². The number of unbranched alkanes of at least 4 members (excludes halogenated alkanes) is 44. The largest absolute Gasteiger partial charge is 0.394 e. The lowest BCUT2D eigenvalue weighted by atomic mass is 10.0. The summed E-state index contributed by atoms with van der Waals surface area (Å²) in [5.41, 5.74) is 0. The van der Waals surface area contributed by atoms with E-state index in [9.17, 15) is 15.0 Å². The van der Waals surface area contributed by atoms with Crippen molar-refractivity contribution in [1.82, 2.24) is 5.32 Å². The maximum absolute atomic E-state index is 12.4. The molecule has 0 rings (SSSR count). The topological polar surface area (TPSA) is 69.6 Å². The van der Waals surface area contributed by atoms with Gasteiger partial charge in [-0.1, -0.05) is 302 Å². The van der Waals surface area contributed by atoms with Gasteiger partial charge in [-0.3, -0.25) is 4.79 Å². The predicted molar refractivity (Wildman–Crippen MR) is 263 cm³/mol. The van der Waals surface area contributed by atoms with Gasteiger partial charge >= 0.3 is 0 Å². The van der Waals surface area contributed by atoms with Crippen LogP contribution in [0.15, 0.2) is 12.2 Å². The van der Waals surface area contributed by atoms with Crippen molar-refractivity contribution >= 4 is 5.91 Å². The average molecular weight is 832 g/mol. The number of nitrogens with one attached hydrogen (secondary N) is 1. The molecule has 0 aromatic rings. The highest BCUT2D eigenvalue weighted by atomic mass is 16.3. The van der Waals surface area contributed by atoms with E-state index in [1.54, 1.807) is 6.08 Å². The number of rotatable bonds is 51. The highest BCUT2D eigenvalue weighted by Crippen LogP contribution is 2.18. The number of carbonyl (C=O) groups is 1. The van der Waals surface area contributed by atoms with Crippen LogP contribution >= 0.6 is 0 Å². The van der Waals surface area contributed by atoms with Crippen molar-refractivity contribution in [3.63, 3.8) is 0 Å². The Morgan fingerprint density at radius 3 is 0.881 bits per heavy atom. The SMILES string of the molecule is CCCCCCCCCCCCCCCCCCCCCCCCCCCCCCCCC/C=C/C(O)C(CO)NC(=O)CCCCCCCCCCCCCCCC. The van der Waals surface area contributed by atoms with Crippen LogP contribution in [0.2, 0.25) is 0 Å². The van der Waals surface area contributed by atoms with E-state index < -0.39 is 12.1 Å². The summed E-state index contributed by atoms with van der Waals surface area (Å²) in [5, 5.41) is 23.1. The van der Waals surface area contributed by atoms with Crippen LogP contribution in [-0.2, 0) is 4.79 Å². The summed E-state index contributed by atoms with van der Waals surface area (Å²) >= 11 is 0. The summed E-state index contributed by atoms with van der Waals surface area (Å²) < 4.78 is 0. The van der Waals surface area contributed by atoms with Crippen LogP contribution < -0.4 is 5.32 Å². The van der Waals surface area contributed by atoms with Gasteiger partial charge in [0.15, 0.2) is 0 Å². The molecular formula is C55H109NO3. The molecule has 4 heteroatoms. The van der Waals surface area contributed by atoms with Crippen LogP contribution in [0.1, 0.15) is 316 Å².